The van der Waals surface area contributed by atoms with Crippen LogP contribution in [0.1, 0.15) is 22.7 Å². The lowest BCUT2D eigenvalue weighted by Crippen LogP contribution is -2.20. The van der Waals surface area contributed by atoms with Crippen LogP contribution in [0, 0.1) is 18.6 Å². The Morgan fingerprint density at radius 2 is 1.75 bits per heavy atom. The van der Waals surface area contributed by atoms with Crippen LogP contribution in [0.15, 0.2) is 36.4 Å². The lowest BCUT2D eigenvalue weighted by Gasteiger charge is -2.19. The van der Waals surface area contributed by atoms with E-state index >= 15 is 0 Å². The van der Waals surface area contributed by atoms with E-state index in [1.54, 1.807) is 7.05 Å². The quantitative estimate of drug-likeness (QED) is 0.922. The molecular formula is C16H17F2NO. The molecule has 0 bridgehead atoms. The zero-order valence-electron chi connectivity index (χ0n) is 11.7. The van der Waals surface area contributed by atoms with E-state index in [1.807, 2.05) is 31.2 Å². The molecule has 0 amide bonds. The Balaban J connectivity index is 2.52. The third kappa shape index (κ3) is 2.80. The predicted octanol–water partition coefficient (Wildman–Crippen LogP) is 3.59. The number of methoxy groups -OCH3 is 1. The highest BCUT2D eigenvalue weighted by molar-refractivity contribution is 5.39. The monoisotopic (exact) mass is 277 g/mol. The van der Waals surface area contributed by atoms with Gasteiger partial charge in [-0.15, -0.1) is 0 Å². The van der Waals surface area contributed by atoms with Gasteiger partial charge in [-0.3, -0.25) is 0 Å². The number of halogens is 2. The van der Waals surface area contributed by atoms with Crippen LogP contribution in [0.25, 0.3) is 0 Å². The molecule has 1 unspecified atom stereocenters. The van der Waals surface area contributed by atoms with Crippen molar-refractivity contribution in [1.29, 1.82) is 0 Å². The van der Waals surface area contributed by atoms with Crippen LogP contribution in [0.3, 0.4) is 0 Å². The maximum Gasteiger partial charge on any atom is 0.134 e. The SMILES string of the molecule is CNC(c1cccc(C)c1)c1c(F)cc(OC)cc1F. The maximum atomic E-state index is 14.2. The summed E-state index contributed by atoms with van der Waals surface area (Å²) in [5.41, 5.74) is 1.85. The van der Waals surface area contributed by atoms with Gasteiger partial charge >= 0.3 is 0 Å². The number of benzene rings is 2. The molecule has 0 aliphatic heterocycles. The van der Waals surface area contributed by atoms with Crippen LogP contribution < -0.4 is 10.1 Å². The summed E-state index contributed by atoms with van der Waals surface area (Å²) in [7, 11) is 3.06. The van der Waals surface area contributed by atoms with E-state index in [0.717, 1.165) is 11.1 Å². The summed E-state index contributed by atoms with van der Waals surface area (Å²) in [4.78, 5) is 0. The van der Waals surface area contributed by atoms with Crippen LogP contribution >= 0.6 is 0 Å². The average molecular weight is 277 g/mol. The Bertz CT molecular complexity index is 590. The first-order valence-electron chi connectivity index (χ1n) is 6.33. The number of aryl methyl sites for hydroxylation is 1. The van der Waals surface area contributed by atoms with Crippen molar-refractivity contribution in [3.63, 3.8) is 0 Å². The van der Waals surface area contributed by atoms with Crippen molar-refractivity contribution in [2.75, 3.05) is 14.2 Å². The second-order valence-corrected chi connectivity index (χ2v) is 4.64. The van der Waals surface area contributed by atoms with Gasteiger partial charge in [-0.25, -0.2) is 8.78 Å². The summed E-state index contributed by atoms with van der Waals surface area (Å²) < 4.78 is 33.2. The summed E-state index contributed by atoms with van der Waals surface area (Å²) in [5.74, 6) is -1.08. The Hall–Kier alpha value is -1.94. The van der Waals surface area contributed by atoms with E-state index in [9.17, 15) is 8.78 Å². The minimum atomic E-state index is -0.622. The minimum Gasteiger partial charge on any atom is -0.497 e. The maximum absolute atomic E-state index is 14.2. The summed E-state index contributed by atoms with van der Waals surface area (Å²) in [6.45, 7) is 1.94. The minimum absolute atomic E-state index is 0.00102. The molecule has 0 aromatic heterocycles. The van der Waals surface area contributed by atoms with Gasteiger partial charge in [0.2, 0.25) is 0 Å². The zero-order chi connectivity index (χ0) is 14.7. The molecule has 1 atom stereocenters. The topological polar surface area (TPSA) is 21.3 Å². The van der Waals surface area contributed by atoms with E-state index in [0.29, 0.717) is 0 Å². The van der Waals surface area contributed by atoms with Crippen molar-refractivity contribution in [2.24, 2.45) is 0 Å². The summed E-state index contributed by atoms with van der Waals surface area (Å²) in [6, 6.07) is 9.41. The fourth-order valence-electron chi connectivity index (χ4n) is 2.28. The van der Waals surface area contributed by atoms with Gasteiger partial charge in [0.25, 0.3) is 0 Å². The third-order valence-electron chi connectivity index (χ3n) is 3.24. The average Bonchev–Trinajstić information content (AvgIpc) is 2.42. The predicted molar refractivity (Wildman–Crippen MR) is 75.0 cm³/mol. The standard InChI is InChI=1S/C16H17F2NO/c1-10-5-4-6-11(7-10)16(19-2)15-13(17)8-12(20-3)9-14(15)18/h4-9,16,19H,1-3H3. The molecule has 2 aromatic rings. The highest BCUT2D eigenvalue weighted by Crippen LogP contribution is 2.30. The molecule has 0 spiro atoms. The van der Waals surface area contributed by atoms with Gasteiger partial charge in [0.05, 0.1) is 13.2 Å². The van der Waals surface area contributed by atoms with Gasteiger partial charge in [-0.2, -0.15) is 0 Å². The molecular weight excluding hydrogens is 260 g/mol. The molecule has 106 valence electrons. The van der Waals surface area contributed by atoms with Crippen LogP contribution in [-0.4, -0.2) is 14.2 Å². The first-order chi connectivity index (χ1) is 9.56. The first kappa shape index (κ1) is 14.5. The molecule has 4 heteroatoms. The van der Waals surface area contributed by atoms with Crippen molar-refractivity contribution in [1.82, 2.24) is 5.32 Å². The van der Waals surface area contributed by atoms with Gasteiger partial charge < -0.3 is 10.1 Å². The normalized spacial score (nSPS) is 12.2. The Morgan fingerprint density at radius 1 is 1.10 bits per heavy atom. The molecule has 0 aliphatic rings. The summed E-state index contributed by atoms with van der Waals surface area (Å²) >= 11 is 0. The number of rotatable bonds is 4. The molecule has 0 aliphatic carbocycles. The number of hydrogen-bond donors (Lipinski definition) is 1. The van der Waals surface area contributed by atoms with Crippen molar-refractivity contribution < 1.29 is 13.5 Å². The summed E-state index contributed by atoms with van der Waals surface area (Å²) in [6.07, 6.45) is 0. The number of hydrogen-bond acceptors (Lipinski definition) is 2. The van der Waals surface area contributed by atoms with Crippen molar-refractivity contribution in [3.8, 4) is 5.75 Å². The van der Waals surface area contributed by atoms with Gasteiger partial charge in [0, 0.05) is 17.7 Å². The van der Waals surface area contributed by atoms with Crippen molar-refractivity contribution in [3.05, 3.63) is 64.7 Å². The molecule has 0 saturated heterocycles. The van der Waals surface area contributed by atoms with Crippen molar-refractivity contribution >= 4 is 0 Å². The van der Waals surface area contributed by atoms with Crippen LogP contribution in [-0.2, 0) is 0 Å². The molecule has 20 heavy (non-hydrogen) atoms. The van der Waals surface area contributed by atoms with Crippen molar-refractivity contribution in [2.45, 2.75) is 13.0 Å². The molecule has 2 aromatic carbocycles. The van der Waals surface area contributed by atoms with E-state index in [-0.39, 0.29) is 11.3 Å². The van der Waals surface area contributed by atoms with Gasteiger partial charge in [0.15, 0.2) is 0 Å². The lowest BCUT2D eigenvalue weighted by atomic mass is 9.96. The molecule has 1 N–H and O–H groups in total. The van der Waals surface area contributed by atoms with Gasteiger partial charge in [-0.05, 0) is 19.5 Å². The largest absolute Gasteiger partial charge is 0.497 e. The molecule has 0 saturated carbocycles. The highest BCUT2D eigenvalue weighted by atomic mass is 19.1. The fraction of sp³-hybridized carbons (Fsp3) is 0.250. The van der Waals surface area contributed by atoms with E-state index in [4.69, 9.17) is 4.74 Å². The van der Waals surface area contributed by atoms with Crippen LogP contribution in [0.4, 0.5) is 8.78 Å². The van der Waals surface area contributed by atoms with E-state index < -0.39 is 17.7 Å². The molecule has 0 fully saturated rings. The van der Waals surface area contributed by atoms with Crippen LogP contribution in [0.2, 0.25) is 0 Å². The fourth-order valence-corrected chi connectivity index (χ4v) is 2.28. The number of nitrogens with one attached hydrogen (secondary N) is 1. The first-order valence-corrected chi connectivity index (χ1v) is 6.33. The molecule has 0 radical (unpaired) electrons. The Morgan fingerprint density at radius 3 is 2.25 bits per heavy atom. The highest BCUT2D eigenvalue weighted by Gasteiger charge is 2.21. The second-order valence-electron chi connectivity index (χ2n) is 4.64. The molecule has 2 nitrogen and oxygen atoms in total. The van der Waals surface area contributed by atoms with Crippen LogP contribution in [0.5, 0.6) is 5.75 Å². The number of ether oxygens (including phenoxy) is 1. The zero-order valence-corrected chi connectivity index (χ0v) is 11.7. The third-order valence-corrected chi connectivity index (χ3v) is 3.24. The second kappa shape index (κ2) is 6.01. The lowest BCUT2D eigenvalue weighted by molar-refractivity contribution is 0.403. The Labute approximate surface area is 117 Å². The van der Waals surface area contributed by atoms with E-state index in [2.05, 4.69) is 5.32 Å². The van der Waals surface area contributed by atoms with Gasteiger partial charge in [-0.1, -0.05) is 29.8 Å². The Kier molecular flexibility index (Phi) is 4.35. The molecule has 0 heterocycles. The smallest absolute Gasteiger partial charge is 0.134 e. The molecule has 2 rings (SSSR count). The summed E-state index contributed by atoms with van der Waals surface area (Å²) in [5, 5.41) is 2.96. The van der Waals surface area contributed by atoms with Gasteiger partial charge in [0.1, 0.15) is 17.4 Å². The van der Waals surface area contributed by atoms with E-state index in [1.165, 1.54) is 19.2 Å².